The Morgan fingerprint density at radius 1 is 1.33 bits per heavy atom. The molecule has 0 aromatic heterocycles. The third-order valence-electron chi connectivity index (χ3n) is 3.12. The van der Waals surface area contributed by atoms with Gasteiger partial charge in [0.25, 0.3) is 0 Å². The zero-order valence-electron chi connectivity index (χ0n) is 12.0. The molecular formula is C13H27NO4. The summed E-state index contributed by atoms with van der Waals surface area (Å²) in [6.07, 6.45) is 0.844. The number of hydrogen-bond acceptors (Lipinski definition) is 4. The summed E-state index contributed by atoms with van der Waals surface area (Å²) >= 11 is 0. The Hall–Kier alpha value is -0.650. The van der Waals surface area contributed by atoms with Gasteiger partial charge in [-0.1, -0.05) is 6.92 Å². The number of ether oxygens (including phenoxy) is 2. The topological polar surface area (TPSA) is 59.0 Å². The number of rotatable bonds is 11. The van der Waals surface area contributed by atoms with Crippen LogP contribution in [0.25, 0.3) is 0 Å². The molecule has 0 amide bonds. The lowest BCUT2D eigenvalue weighted by Gasteiger charge is -2.29. The molecule has 0 saturated heterocycles. The Morgan fingerprint density at radius 3 is 2.44 bits per heavy atom. The third kappa shape index (κ3) is 6.93. The van der Waals surface area contributed by atoms with Gasteiger partial charge in [-0.15, -0.1) is 0 Å². The summed E-state index contributed by atoms with van der Waals surface area (Å²) in [7, 11) is 1.68. The number of nitrogens with zero attached hydrogens (tertiary/aromatic N) is 1. The highest BCUT2D eigenvalue weighted by Gasteiger charge is 2.20. The molecule has 0 aliphatic carbocycles. The van der Waals surface area contributed by atoms with Crippen LogP contribution in [-0.4, -0.2) is 61.5 Å². The standard InChI is InChI=1S/C13H27NO4/c1-5-11(3)14(9-10-17-4)8-7-12(13(15)16)18-6-2/h11-12H,5-10H2,1-4H3,(H,15,16). The van der Waals surface area contributed by atoms with E-state index in [1.54, 1.807) is 7.11 Å². The minimum Gasteiger partial charge on any atom is -0.479 e. The summed E-state index contributed by atoms with van der Waals surface area (Å²) in [5, 5.41) is 9.02. The summed E-state index contributed by atoms with van der Waals surface area (Å²) in [5.41, 5.74) is 0. The van der Waals surface area contributed by atoms with Gasteiger partial charge in [0.05, 0.1) is 6.61 Å². The van der Waals surface area contributed by atoms with Crippen LogP contribution in [0.5, 0.6) is 0 Å². The van der Waals surface area contributed by atoms with E-state index < -0.39 is 12.1 Å². The molecule has 2 unspecified atom stereocenters. The fraction of sp³-hybridized carbons (Fsp3) is 0.923. The first-order chi connectivity index (χ1) is 8.56. The van der Waals surface area contributed by atoms with Crippen molar-refractivity contribution in [3.8, 4) is 0 Å². The first kappa shape index (κ1) is 17.4. The molecule has 0 saturated carbocycles. The van der Waals surface area contributed by atoms with Crippen LogP contribution >= 0.6 is 0 Å². The number of carboxylic acid groups (broad SMARTS) is 1. The predicted octanol–water partition coefficient (Wildman–Crippen LogP) is 1.61. The minimum absolute atomic E-state index is 0.427. The molecule has 0 aliphatic rings. The Balaban J connectivity index is 4.24. The number of carboxylic acids is 1. The number of hydrogen-bond donors (Lipinski definition) is 1. The Morgan fingerprint density at radius 2 is 2.00 bits per heavy atom. The molecule has 2 atom stereocenters. The van der Waals surface area contributed by atoms with Crippen molar-refractivity contribution in [2.24, 2.45) is 0 Å². The summed E-state index contributed by atoms with van der Waals surface area (Å²) in [6.45, 7) is 8.72. The molecule has 0 fully saturated rings. The fourth-order valence-corrected chi connectivity index (χ4v) is 1.78. The van der Waals surface area contributed by atoms with Gasteiger partial charge in [0.1, 0.15) is 0 Å². The van der Waals surface area contributed by atoms with Crippen LogP contribution in [0.4, 0.5) is 0 Å². The second kappa shape index (κ2) is 10.3. The van der Waals surface area contributed by atoms with E-state index in [0.717, 1.165) is 19.5 Å². The molecule has 0 aliphatic heterocycles. The van der Waals surface area contributed by atoms with Crippen LogP contribution in [0.15, 0.2) is 0 Å². The van der Waals surface area contributed by atoms with Crippen LogP contribution in [0.2, 0.25) is 0 Å². The van der Waals surface area contributed by atoms with Gasteiger partial charge in [0, 0.05) is 32.8 Å². The van der Waals surface area contributed by atoms with E-state index in [-0.39, 0.29) is 0 Å². The maximum absolute atomic E-state index is 11.0. The second-order valence-electron chi connectivity index (χ2n) is 4.36. The summed E-state index contributed by atoms with van der Waals surface area (Å²) < 4.78 is 10.3. The fourth-order valence-electron chi connectivity index (χ4n) is 1.78. The number of aliphatic carboxylic acids is 1. The van der Waals surface area contributed by atoms with Crippen molar-refractivity contribution in [2.45, 2.75) is 45.8 Å². The Labute approximate surface area is 110 Å². The van der Waals surface area contributed by atoms with Gasteiger partial charge in [-0.25, -0.2) is 4.79 Å². The zero-order chi connectivity index (χ0) is 14.0. The normalized spacial score (nSPS) is 14.7. The molecule has 0 aromatic carbocycles. The van der Waals surface area contributed by atoms with E-state index in [0.29, 0.717) is 25.7 Å². The van der Waals surface area contributed by atoms with E-state index in [2.05, 4.69) is 18.7 Å². The van der Waals surface area contributed by atoms with Gasteiger partial charge < -0.3 is 14.6 Å². The molecule has 5 nitrogen and oxygen atoms in total. The average Bonchev–Trinajstić information content (AvgIpc) is 2.36. The van der Waals surface area contributed by atoms with Gasteiger partial charge in [-0.2, -0.15) is 0 Å². The van der Waals surface area contributed by atoms with Crippen LogP contribution in [-0.2, 0) is 14.3 Å². The lowest BCUT2D eigenvalue weighted by molar-refractivity contribution is -0.150. The van der Waals surface area contributed by atoms with Gasteiger partial charge in [0.2, 0.25) is 0 Å². The largest absolute Gasteiger partial charge is 0.479 e. The molecule has 5 heteroatoms. The van der Waals surface area contributed by atoms with Crippen molar-refractivity contribution >= 4 is 5.97 Å². The Kier molecular flexibility index (Phi) is 9.92. The monoisotopic (exact) mass is 261 g/mol. The summed E-state index contributed by atoms with van der Waals surface area (Å²) in [5.74, 6) is -0.882. The van der Waals surface area contributed by atoms with Crippen LogP contribution in [0, 0.1) is 0 Å². The lowest BCUT2D eigenvalue weighted by Crippen LogP contribution is -2.39. The first-order valence-electron chi connectivity index (χ1n) is 6.64. The van der Waals surface area contributed by atoms with Gasteiger partial charge in [0.15, 0.2) is 6.10 Å². The smallest absolute Gasteiger partial charge is 0.332 e. The molecule has 1 N–H and O–H groups in total. The van der Waals surface area contributed by atoms with Crippen molar-refractivity contribution in [3.05, 3.63) is 0 Å². The molecular weight excluding hydrogens is 234 g/mol. The maximum atomic E-state index is 11.0. The predicted molar refractivity (Wildman–Crippen MR) is 70.9 cm³/mol. The van der Waals surface area contributed by atoms with Crippen molar-refractivity contribution in [3.63, 3.8) is 0 Å². The molecule has 0 spiro atoms. The minimum atomic E-state index is -0.882. The van der Waals surface area contributed by atoms with Crippen LogP contribution in [0.1, 0.15) is 33.6 Å². The third-order valence-corrected chi connectivity index (χ3v) is 3.12. The van der Waals surface area contributed by atoms with Gasteiger partial charge in [-0.3, -0.25) is 4.90 Å². The summed E-state index contributed by atoms with van der Waals surface area (Å²) in [6, 6.07) is 0.427. The number of carbonyl (C=O) groups is 1. The van der Waals surface area contributed by atoms with E-state index in [1.165, 1.54) is 0 Å². The maximum Gasteiger partial charge on any atom is 0.332 e. The van der Waals surface area contributed by atoms with Crippen molar-refractivity contribution in [2.75, 3.05) is 33.4 Å². The second-order valence-corrected chi connectivity index (χ2v) is 4.36. The van der Waals surface area contributed by atoms with Crippen LogP contribution < -0.4 is 0 Å². The van der Waals surface area contributed by atoms with Crippen molar-refractivity contribution in [1.82, 2.24) is 4.90 Å². The van der Waals surface area contributed by atoms with Crippen molar-refractivity contribution < 1.29 is 19.4 Å². The molecule has 0 radical (unpaired) electrons. The van der Waals surface area contributed by atoms with Gasteiger partial charge >= 0.3 is 5.97 Å². The van der Waals surface area contributed by atoms with Gasteiger partial charge in [-0.05, 0) is 26.7 Å². The molecule has 0 heterocycles. The van der Waals surface area contributed by atoms with Crippen molar-refractivity contribution in [1.29, 1.82) is 0 Å². The zero-order valence-corrected chi connectivity index (χ0v) is 12.0. The quantitative estimate of drug-likeness (QED) is 0.612. The molecule has 108 valence electrons. The Bertz CT molecular complexity index is 223. The number of methoxy groups -OCH3 is 1. The van der Waals surface area contributed by atoms with Crippen LogP contribution in [0.3, 0.4) is 0 Å². The first-order valence-corrected chi connectivity index (χ1v) is 6.64. The molecule has 18 heavy (non-hydrogen) atoms. The van der Waals surface area contributed by atoms with E-state index in [9.17, 15) is 4.79 Å². The highest BCUT2D eigenvalue weighted by atomic mass is 16.5. The average molecular weight is 261 g/mol. The van der Waals surface area contributed by atoms with E-state index in [4.69, 9.17) is 14.6 Å². The molecule has 0 bridgehead atoms. The van der Waals surface area contributed by atoms with E-state index >= 15 is 0 Å². The lowest BCUT2D eigenvalue weighted by atomic mass is 10.1. The molecule has 0 rings (SSSR count). The highest BCUT2D eigenvalue weighted by molar-refractivity contribution is 5.72. The summed E-state index contributed by atoms with van der Waals surface area (Å²) in [4.78, 5) is 13.2. The highest BCUT2D eigenvalue weighted by Crippen LogP contribution is 2.07. The SMILES string of the molecule is CCOC(CCN(CCOC)C(C)CC)C(=O)O. The van der Waals surface area contributed by atoms with E-state index in [1.807, 2.05) is 6.92 Å². The molecule has 0 aromatic rings.